The molecule has 0 radical (unpaired) electrons. The van der Waals surface area contributed by atoms with E-state index in [1.54, 1.807) is 30.1 Å². The first-order chi connectivity index (χ1) is 6.57. The van der Waals surface area contributed by atoms with Crippen LogP contribution in [0.15, 0.2) is 17.1 Å². The minimum atomic E-state index is -0.833. The summed E-state index contributed by atoms with van der Waals surface area (Å²) in [7, 11) is 3.34. The SMILES string of the molecule is CN(C)c1c(/C=C/Br)ccc(F)c1F. The molecule has 0 aliphatic carbocycles. The van der Waals surface area contributed by atoms with Gasteiger partial charge in [-0.2, -0.15) is 0 Å². The number of rotatable bonds is 2. The predicted octanol–water partition coefficient (Wildman–Crippen LogP) is 3.40. The molecule has 0 amide bonds. The summed E-state index contributed by atoms with van der Waals surface area (Å²) in [5.74, 6) is -1.65. The molecule has 0 fully saturated rings. The van der Waals surface area contributed by atoms with Gasteiger partial charge in [0.05, 0.1) is 5.69 Å². The zero-order valence-corrected chi connectivity index (χ0v) is 9.48. The van der Waals surface area contributed by atoms with Gasteiger partial charge in [0.15, 0.2) is 11.6 Å². The van der Waals surface area contributed by atoms with Crippen LogP contribution in [0.5, 0.6) is 0 Å². The molecule has 0 aliphatic heterocycles. The highest BCUT2D eigenvalue weighted by molar-refractivity contribution is 9.11. The normalized spacial score (nSPS) is 10.9. The van der Waals surface area contributed by atoms with Crippen molar-refractivity contribution in [2.45, 2.75) is 0 Å². The van der Waals surface area contributed by atoms with Crippen molar-refractivity contribution in [3.63, 3.8) is 0 Å². The van der Waals surface area contributed by atoms with Crippen LogP contribution in [0.25, 0.3) is 6.08 Å². The second-order valence-electron chi connectivity index (χ2n) is 2.99. The van der Waals surface area contributed by atoms with Gasteiger partial charge in [0.25, 0.3) is 0 Å². The Hall–Kier alpha value is -0.900. The fourth-order valence-corrected chi connectivity index (χ4v) is 1.50. The minimum absolute atomic E-state index is 0.251. The number of hydrogen-bond acceptors (Lipinski definition) is 1. The zero-order valence-electron chi connectivity index (χ0n) is 7.89. The van der Waals surface area contributed by atoms with Crippen LogP contribution in [0.3, 0.4) is 0 Å². The highest BCUT2D eigenvalue weighted by Crippen LogP contribution is 2.26. The number of benzene rings is 1. The summed E-state index contributed by atoms with van der Waals surface area (Å²) >= 11 is 3.10. The molecule has 1 aromatic carbocycles. The summed E-state index contributed by atoms with van der Waals surface area (Å²) in [5, 5.41) is 0. The largest absolute Gasteiger partial charge is 0.375 e. The van der Waals surface area contributed by atoms with Crippen LogP contribution in [0.2, 0.25) is 0 Å². The molecule has 14 heavy (non-hydrogen) atoms. The zero-order chi connectivity index (χ0) is 10.7. The lowest BCUT2D eigenvalue weighted by molar-refractivity contribution is 0.508. The third kappa shape index (κ3) is 2.12. The van der Waals surface area contributed by atoms with E-state index in [9.17, 15) is 8.78 Å². The van der Waals surface area contributed by atoms with Gasteiger partial charge in [-0.25, -0.2) is 8.78 Å². The van der Waals surface area contributed by atoms with Gasteiger partial charge in [-0.3, -0.25) is 0 Å². The Morgan fingerprint density at radius 1 is 1.29 bits per heavy atom. The lowest BCUT2D eigenvalue weighted by Gasteiger charge is -2.16. The Labute approximate surface area is 90.2 Å². The molecule has 0 N–H and O–H groups in total. The molecule has 0 aliphatic rings. The van der Waals surface area contributed by atoms with Gasteiger partial charge in [-0.05, 0) is 23.2 Å². The van der Waals surface area contributed by atoms with Crippen molar-refractivity contribution in [3.8, 4) is 0 Å². The third-order valence-corrected chi connectivity index (χ3v) is 2.05. The van der Waals surface area contributed by atoms with Crippen LogP contribution in [-0.2, 0) is 0 Å². The van der Waals surface area contributed by atoms with Gasteiger partial charge in [0.1, 0.15) is 0 Å². The Bertz CT molecular complexity index is 361. The van der Waals surface area contributed by atoms with Crippen molar-refractivity contribution in [3.05, 3.63) is 34.3 Å². The predicted molar refractivity (Wildman–Crippen MR) is 58.6 cm³/mol. The smallest absolute Gasteiger partial charge is 0.182 e. The molecule has 4 heteroatoms. The van der Waals surface area contributed by atoms with Crippen LogP contribution < -0.4 is 4.90 Å². The van der Waals surface area contributed by atoms with Crippen molar-refractivity contribution in [1.82, 2.24) is 0 Å². The first-order valence-corrected chi connectivity index (χ1v) is 4.91. The van der Waals surface area contributed by atoms with Gasteiger partial charge < -0.3 is 4.90 Å². The molecule has 0 saturated carbocycles. The molecule has 0 spiro atoms. The van der Waals surface area contributed by atoms with Gasteiger partial charge >= 0.3 is 0 Å². The van der Waals surface area contributed by atoms with Crippen LogP contribution in [0, 0.1) is 11.6 Å². The van der Waals surface area contributed by atoms with E-state index in [-0.39, 0.29) is 5.69 Å². The molecule has 0 bridgehead atoms. The third-order valence-electron chi connectivity index (χ3n) is 1.79. The van der Waals surface area contributed by atoms with E-state index in [4.69, 9.17) is 0 Å². The maximum atomic E-state index is 13.4. The van der Waals surface area contributed by atoms with Crippen LogP contribution in [0.4, 0.5) is 14.5 Å². The van der Waals surface area contributed by atoms with Crippen LogP contribution in [0.1, 0.15) is 5.56 Å². The maximum Gasteiger partial charge on any atom is 0.182 e. The van der Waals surface area contributed by atoms with E-state index in [0.29, 0.717) is 5.56 Å². The van der Waals surface area contributed by atoms with Gasteiger partial charge in [-0.15, -0.1) is 0 Å². The molecule has 0 unspecified atom stereocenters. The van der Waals surface area contributed by atoms with Crippen molar-refractivity contribution in [2.24, 2.45) is 0 Å². The summed E-state index contributed by atoms with van der Waals surface area (Å²) in [6.45, 7) is 0. The number of nitrogens with zero attached hydrogens (tertiary/aromatic N) is 1. The van der Waals surface area contributed by atoms with Gasteiger partial charge in [0.2, 0.25) is 0 Å². The molecule has 1 aromatic rings. The molecule has 0 aromatic heterocycles. The first kappa shape index (κ1) is 11.2. The Morgan fingerprint density at radius 3 is 2.43 bits per heavy atom. The van der Waals surface area contributed by atoms with E-state index in [2.05, 4.69) is 15.9 Å². The first-order valence-electron chi connectivity index (χ1n) is 4.00. The molecule has 76 valence electrons. The standard InChI is InChI=1S/C10H10BrF2N/c1-14(2)10-7(5-6-11)3-4-8(12)9(10)13/h3-6H,1-2H3/b6-5+. The maximum absolute atomic E-state index is 13.4. The van der Waals surface area contributed by atoms with E-state index >= 15 is 0 Å². The average molecular weight is 262 g/mol. The summed E-state index contributed by atoms with van der Waals surface area (Å²) in [6.07, 6.45) is 1.66. The van der Waals surface area contributed by atoms with Crippen molar-refractivity contribution in [2.75, 3.05) is 19.0 Å². The van der Waals surface area contributed by atoms with E-state index in [1.165, 1.54) is 6.07 Å². The highest BCUT2D eigenvalue weighted by Gasteiger charge is 2.13. The monoisotopic (exact) mass is 261 g/mol. The Morgan fingerprint density at radius 2 is 1.93 bits per heavy atom. The second kappa shape index (κ2) is 4.55. The Balaban J connectivity index is 3.37. The average Bonchev–Trinajstić information content (AvgIpc) is 2.11. The van der Waals surface area contributed by atoms with Crippen molar-refractivity contribution < 1.29 is 8.78 Å². The lowest BCUT2D eigenvalue weighted by Crippen LogP contribution is -2.13. The molecule has 0 saturated heterocycles. The summed E-state index contributed by atoms with van der Waals surface area (Å²) < 4.78 is 26.3. The summed E-state index contributed by atoms with van der Waals surface area (Å²) in [6, 6.07) is 2.65. The van der Waals surface area contributed by atoms with Crippen LogP contribution >= 0.6 is 15.9 Å². The minimum Gasteiger partial charge on any atom is -0.375 e. The topological polar surface area (TPSA) is 3.24 Å². The lowest BCUT2D eigenvalue weighted by atomic mass is 10.1. The molecular formula is C10H10BrF2N. The molecule has 1 rings (SSSR count). The summed E-state index contributed by atoms with van der Waals surface area (Å²) in [4.78, 5) is 3.15. The molecule has 1 nitrogen and oxygen atoms in total. The van der Waals surface area contributed by atoms with E-state index in [0.717, 1.165) is 6.07 Å². The second-order valence-corrected chi connectivity index (χ2v) is 3.51. The van der Waals surface area contributed by atoms with Crippen molar-refractivity contribution in [1.29, 1.82) is 0 Å². The molecule has 0 heterocycles. The highest BCUT2D eigenvalue weighted by atomic mass is 79.9. The van der Waals surface area contributed by atoms with Crippen molar-refractivity contribution >= 4 is 27.7 Å². The number of halogens is 3. The van der Waals surface area contributed by atoms with Gasteiger partial charge in [0, 0.05) is 19.7 Å². The molecular weight excluding hydrogens is 252 g/mol. The number of anilines is 1. The van der Waals surface area contributed by atoms with Gasteiger partial charge in [-0.1, -0.05) is 15.9 Å². The fraction of sp³-hybridized carbons (Fsp3) is 0.200. The van der Waals surface area contributed by atoms with E-state index in [1.807, 2.05) is 0 Å². The Kier molecular flexibility index (Phi) is 3.63. The van der Waals surface area contributed by atoms with E-state index < -0.39 is 11.6 Å². The van der Waals surface area contributed by atoms with Crippen LogP contribution in [-0.4, -0.2) is 14.1 Å². The number of hydrogen-bond donors (Lipinski definition) is 0. The quantitative estimate of drug-likeness (QED) is 0.789. The summed E-state index contributed by atoms with van der Waals surface area (Å²) in [5.41, 5.74) is 0.881. The molecule has 0 atom stereocenters. The fourth-order valence-electron chi connectivity index (χ4n) is 1.21.